The van der Waals surface area contributed by atoms with Crippen molar-refractivity contribution in [3.05, 3.63) is 69.8 Å². The average molecular weight is 336 g/mol. The second kappa shape index (κ2) is 7.32. The highest BCUT2D eigenvalue weighted by Gasteiger charge is 2.15. The highest BCUT2D eigenvalue weighted by atomic mass is 32.2. The molecule has 8 heteroatoms. The Morgan fingerprint density at radius 3 is 2.39 bits per heavy atom. The Labute approximate surface area is 134 Å². The van der Waals surface area contributed by atoms with E-state index in [0.29, 0.717) is 6.61 Å². The van der Waals surface area contributed by atoms with E-state index in [-0.39, 0.29) is 17.1 Å². The molecule has 0 saturated carbocycles. The lowest BCUT2D eigenvalue weighted by Crippen LogP contribution is -2.23. The molecular weight excluding hydrogens is 320 g/mol. The van der Waals surface area contributed by atoms with Crippen molar-refractivity contribution in [3.8, 4) is 0 Å². The number of nitro groups is 1. The van der Waals surface area contributed by atoms with Crippen LogP contribution >= 0.6 is 0 Å². The quantitative estimate of drug-likeness (QED) is 0.617. The Kier molecular flexibility index (Phi) is 5.43. The van der Waals surface area contributed by atoms with Gasteiger partial charge < -0.3 is 4.74 Å². The fourth-order valence-corrected chi connectivity index (χ4v) is 3.02. The molecule has 0 amide bonds. The van der Waals surface area contributed by atoms with Crippen LogP contribution in [0.2, 0.25) is 0 Å². The maximum absolute atomic E-state index is 12.2. The first-order valence-electron chi connectivity index (χ1n) is 6.73. The SMILES string of the molecule is COCc1cccc(CNS(=O)(=O)c2ccc([N+](=O)[O-])cc2)c1. The second-order valence-corrected chi connectivity index (χ2v) is 6.60. The molecule has 0 aliphatic heterocycles. The van der Waals surface area contributed by atoms with Crippen LogP contribution in [0.1, 0.15) is 11.1 Å². The summed E-state index contributed by atoms with van der Waals surface area (Å²) in [6, 6.07) is 12.1. The van der Waals surface area contributed by atoms with Crippen LogP contribution in [0.25, 0.3) is 0 Å². The minimum Gasteiger partial charge on any atom is -0.380 e. The van der Waals surface area contributed by atoms with Gasteiger partial charge in [0.25, 0.3) is 5.69 Å². The zero-order chi connectivity index (χ0) is 16.9. The maximum atomic E-state index is 12.2. The first-order valence-corrected chi connectivity index (χ1v) is 8.21. The van der Waals surface area contributed by atoms with Gasteiger partial charge in [0.15, 0.2) is 0 Å². The van der Waals surface area contributed by atoms with E-state index in [1.165, 1.54) is 12.1 Å². The standard InChI is InChI=1S/C15H16N2O5S/c1-22-11-13-4-2-3-12(9-13)10-16-23(20,21)15-7-5-14(6-8-15)17(18)19/h2-9,16H,10-11H2,1H3. The van der Waals surface area contributed by atoms with Crippen LogP contribution in [-0.2, 0) is 27.9 Å². The largest absolute Gasteiger partial charge is 0.380 e. The highest BCUT2D eigenvalue weighted by Crippen LogP contribution is 2.16. The second-order valence-electron chi connectivity index (χ2n) is 4.83. The molecule has 0 heterocycles. The van der Waals surface area contributed by atoms with Gasteiger partial charge in [-0.25, -0.2) is 13.1 Å². The lowest BCUT2D eigenvalue weighted by atomic mass is 10.1. The predicted octanol–water partition coefficient (Wildman–Crippen LogP) is 2.22. The first-order chi connectivity index (χ1) is 10.9. The zero-order valence-electron chi connectivity index (χ0n) is 12.4. The molecule has 0 aliphatic carbocycles. The fraction of sp³-hybridized carbons (Fsp3) is 0.200. The maximum Gasteiger partial charge on any atom is 0.269 e. The number of non-ortho nitro benzene ring substituents is 1. The Balaban J connectivity index is 2.09. The molecule has 0 spiro atoms. The monoisotopic (exact) mass is 336 g/mol. The molecule has 0 bridgehead atoms. The summed E-state index contributed by atoms with van der Waals surface area (Å²) < 4.78 is 31.9. The smallest absolute Gasteiger partial charge is 0.269 e. The van der Waals surface area contributed by atoms with Crippen LogP contribution < -0.4 is 4.72 Å². The van der Waals surface area contributed by atoms with E-state index in [4.69, 9.17) is 4.74 Å². The summed E-state index contributed by atoms with van der Waals surface area (Å²) in [4.78, 5) is 9.99. The van der Waals surface area contributed by atoms with Crippen molar-refractivity contribution in [3.63, 3.8) is 0 Å². The Bertz CT molecular complexity index is 788. The number of nitrogens with zero attached hydrogens (tertiary/aromatic N) is 1. The van der Waals surface area contributed by atoms with Gasteiger partial charge in [-0.05, 0) is 23.3 Å². The topological polar surface area (TPSA) is 98.5 Å². The van der Waals surface area contributed by atoms with Gasteiger partial charge in [-0.2, -0.15) is 0 Å². The average Bonchev–Trinajstić information content (AvgIpc) is 2.54. The molecule has 2 rings (SSSR count). The molecule has 7 nitrogen and oxygen atoms in total. The van der Waals surface area contributed by atoms with Gasteiger partial charge >= 0.3 is 0 Å². The lowest BCUT2D eigenvalue weighted by molar-refractivity contribution is -0.384. The fourth-order valence-electron chi connectivity index (χ4n) is 2.00. The molecule has 0 aliphatic rings. The lowest BCUT2D eigenvalue weighted by Gasteiger charge is -2.08. The normalized spacial score (nSPS) is 11.3. The summed E-state index contributed by atoms with van der Waals surface area (Å²) in [6.07, 6.45) is 0. The van der Waals surface area contributed by atoms with E-state index in [2.05, 4.69) is 4.72 Å². The summed E-state index contributed by atoms with van der Waals surface area (Å²) in [5.74, 6) is 0. The third kappa shape index (κ3) is 4.59. The van der Waals surface area contributed by atoms with E-state index < -0.39 is 14.9 Å². The molecule has 2 aromatic rings. The molecule has 1 N–H and O–H groups in total. The van der Waals surface area contributed by atoms with Crippen LogP contribution in [0.15, 0.2) is 53.4 Å². The van der Waals surface area contributed by atoms with E-state index in [1.54, 1.807) is 13.2 Å². The van der Waals surface area contributed by atoms with Crippen molar-refractivity contribution in [2.24, 2.45) is 0 Å². The molecular formula is C15H16N2O5S. The number of sulfonamides is 1. The number of benzene rings is 2. The first kappa shape index (κ1) is 17.1. The van der Waals surface area contributed by atoms with E-state index >= 15 is 0 Å². The summed E-state index contributed by atoms with van der Waals surface area (Å²) in [5.41, 5.74) is 1.58. The third-order valence-electron chi connectivity index (χ3n) is 3.13. The van der Waals surface area contributed by atoms with Crippen molar-refractivity contribution in [2.75, 3.05) is 7.11 Å². The van der Waals surface area contributed by atoms with Gasteiger partial charge in [-0.1, -0.05) is 24.3 Å². The summed E-state index contributed by atoms with van der Waals surface area (Å²) in [5, 5.41) is 10.6. The molecule has 0 aromatic heterocycles. The molecule has 122 valence electrons. The van der Waals surface area contributed by atoms with Gasteiger partial charge in [-0.3, -0.25) is 10.1 Å². The number of hydrogen-bond donors (Lipinski definition) is 1. The molecule has 0 atom stereocenters. The number of nitrogens with one attached hydrogen (secondary N) is 1. The van der Waals surface area contributed by atoms with Crippen LogP contribution in [0.4, 0.5) is 5.69 Å². The molecule has 0 radical (unpaired) electrons. The van der Waals surface area contributed by atoms with Crippen molar-refractivity contribution < 1.29 is 18.1 Å². The van der Waals surface area contributed by atoms with E-state index in [1.807, 2.05) is 18.2 Å². The van der Waals surface area contributed by atoms with Crippen LogP contribution in [-0.4, -0.2) is 20.5 Å². The molecule has 0 saturated heterocycles. The van der Waals surface area contributed by atoms with Gasteiger partial charge in [0.1, 0.15) is 0 Å². The van der Waals surface area contributed by atoms with Crippen LogP contribution in [0.5, 0.6) is 0 Å². The van der Waals surface area contributed by atoms with Crippen molar-refractivity contribution >= 4 is 15.7 Å². The highest BCUT2D eigenvalue weighted by molar-refractivity contribution is 7.89. The van der Waals surface area contributed by atoms with Gasteiger partial charge in [-0.15, -0.1) is 0 Å². The number of rotatable bonds is 7. The van der Waals surface area contributed by atoms with Gasteiger partial charge in [0.05, 0.1) is 16.4 Å². The summed E-state index contributed by atoms with van der Waals surface area (Å²) in [6.45, 7) is 0.569. The Morgan fingerprint density at radius 1 is 1.13 bits per heavy atom. The number of hydrogen-bond acceptors (Lipinski definition) is 5. The van der Waals surface area contributed by atoms with Crippen LogP contribution in [0, 0.1) is 10.1 Å². The van der Waals surface area contributed by atoms with Gasteiger partial charge in [0.2, 0.25) is 10.0 Å². The van der Waals surface area contributed by atoms with E-state index in [0.717, 1.165) is 23.3 Å². The van der Waals surface area contributed by atoms with E-state index in [9.17, 15) is 18.5 Å². The van der Waals surface area contributed by atoms with Crippen molar-refractivity contribution in [1.29, 1.82) is 0 Å². The van der Waals surface area contributed by atoms with Gasteiger partial charge in [0, 0.05) is 25.8 Å². The van der Waals surface area contributed by atoms with Crippen LogP contribution in [0.3, 0.4) is 0 Å². The summed E-state index contributed by atoms with van der Waals surface area (Å²) >= 11 is 0. The predicted molar refractivity (Wildman–Crippen MR) is 84.3 cm³/mol. The summed E-state index contributed by atoms with van der Waals surface area (Å²) in [7, 11) is -2.14. The third-order valence-corrected chi connectivity index (χ3v) is 4.54. The van der Waals surface area contributed by atoms with Crippen molar-refractivity contribution in [2.45, 2.75) is 18.0 Å². The number of nitro benzene ring substituents is 1. The Hall–Kier alpha value is -2.29. The molecule has 0 unspecified atom stereocenters. The Morgan fingerprint density at radius 2 is 1.78 bits per heavy atom. The zero-order valence-corrected chi connectivity index (χ0v) is 13.2. The minimum absolute atomic E-state index is 0.0175. The molecule has 0 fully saturated rings. The number of methoxy groups -OCH3 is 1. The molecule has 2 aromatic carbocycles. The molecule has 23 heavy (non-hydrogen) atoms. The number of ether oxygens (including phenoxy) is 1. The minimum atomic E-state index is -3.73. The van der Waals surface area contributed by atoms with Crippen molar-refractivity contribution in [1.82, 2.24) is 4.72 Å².